The van der Waals surface area contributed by atoms with Crippen LogP contribution < -0.4 is 0 Å². The first-order valence-corrected chi connectivity index (χ1v) is 15.1. The molecule has 0 saturated carbocycles. The number of rotatable bonds is 2. The fraction of sp³-hybridized carbons (Fsp3) is 0.174. The van der Waals surface area contributed by atoms with Crippen molar-refractivity contribution in [2.75, 3.05) is 0 Å². The van der Waals surface area contributed by atoms with Gasteiger partial charge < -0.3 is 4.42 Å². The van der Waals surface area contributed by atoms with E-state index < -0.39 is 20.8 Å². The Morgan fingerprint density at radius 1 is 0.889 bits per heavy atom. The van der Waals surface area contributed by atoms with Gasteiger partial charge in [-0.05, 0) is 50.5 Å². The second-order valence-electron chi connectivity index (χ2n) is 6.73. The summed E-state index contributed by atoms with van der Waals surface area (Å²) in [5.74, 6) is 1.95. The molecule has 1 heterocycles. The molecule has 3 aromatic carbocycles. The molecule has 138 valence electrons. The average Bonchev–Trinajstić information content (AvgIpc) is 3.21. The molecule has 0 radical (unpaired) electrons. The van der Waals surface area contributed by atoms with Crippen molar-refractivity contribution in [3.05, 3.63) is 77.0 Å². The molecule has 0 aliphatic carbocycles. The zero-order chi connectivity index (χ0) is 19.6. The number of halogens is 2. The molecule has 0 spiro atoms. The zero-order valence-electron chi connectivity index (χ0n) is 15.9. The summed E-state index contributed by atoms with van der Waals surface area (Å²) in [6.07, 6.45) is 0. The van der Waals surface area contributed by atoms with Crippen LogP contribution in [0.2, 0.25) is 0 Å². The predicted molar refractivity (Wildman–Crippen MR) is 113 cm³/mol. The normalized spacial score (nSPS) is 10.6. The van der Waals surface area contributed by atoms with Gasteiger partial charge in [0.05, 0.1) is 11.5 Å². The third kappa shape index (κ3) is 4.29. The molecule has 4 heteroatoms. The Morgan fingerprint density at radius 2 is 1.56 bits per heavy atom. The molecule has 0 N–H and O–H groups in total. The van der Waals surface area contributed by atoms with E-state index in [9.17, 15) is 0 Å². The summed E-state index contributed by atoms with van der Waals surface area (Å²) in [4.78, 5) is 0. The van der Waals surface area contributed by atoms with Gasteiger partial charge in [0.1, 0.15) is 0 Å². The maximum atomic E-state index is 5.94. The van der Waals surface area contributed by atoms with Gasteiger partial charge in [-0.25, -0.2) is 0 Å². The predicted octanol–water partition coefficient (Wildman–Crippen LogP) is 8.10. The van der Waals surface area contributed by atoms with E-state index in [-0.39, 0.29) is 0 Å². The van der Waals surface area contributed by atoms with E-state index in [1.54, 1.807) is 0 Å². The van der Waals surface area contributed by atoms with Crippen molar-refractivity contribution in [1.82, 2.24) is 0 Å². The van der Waals surface area contributed by atoms with Crippen LogP contribution in [-0.4, -0.2) is 0 Å². The summed E-state index contributed by atoms with van der Waals surface area (Å²) < 4.78 is 5.94. The monoisotopic (exact) mass is 473 g/mol. The van der Waals surface area contributed by atoms with Crippen LogP contribution in [-0.2, 0) is 20.8 Å². The molecule has 0 unspecified atom stereocenters. The number of furan rings is 1. The molecule has 1 nitrogen and oxygen atoms in total. The van der Waals surface area contributed by atoms with E-state index in [0.29, 0.717) is 0 Å². The van der Waals surface area contributed by atoms with Crippen molar-refractivity contribution in [2.45, 2.75) is 27.7 Å². The third-order valence-electron chi connectivity index (χ3n) is 5.04. The Bertz CT molecular complexity index is 1040. The molecule has 4 rings (SSSR count). The summed E-state index contributed by atoms with van der Waals surface area (Å²) in [5, 5.41) is 2.57. The Morgan fingerprint density at radius 3 is 2.15 bits per heavy atom. The molecule has 0 amide bonds. The van der Waals surface area contributed by atoms with Gasteiger partial charge in [-0.3, -0.25) is 0 Å². The fourth-order valence-electron chi connectivity index (χ4n) is 3.44. The van der Waals surface area contributed by atoms with Gasteiger partial charge in [-0.1, -0.05) is 47.0 Å². The minimum absolute atomic E-state index is 0.826. The van der Waals surface area contributed by atoms with Gasteiger partial charge in [0, 0.05) is 0 Å². The molecule has 0 atom stereocenters. The third-order valence-corrected chi connectivity index (χ3v) is 5.04. The van der Waals surface area contributed by atoms with Crippen LogP contribution in [0.25, 0.3) is 33.2 Å². The number of benzene rings is 2. The number of hydrogen-bond acceptors (Lipinski definition) is 1. The van der Waals surface area contributed by atoms with E-state index in [0.717, 1.165) is 17.1 Å². The van der Waals surface area contributed by atoms with Crippen LogP contribution in [0, 0.1) is 27.7 Å². The van der Waals surface area contributed by atoms with E-state index in [1.165, 1.54) is 38.6 Å². The van der Waals surface area contributed by atoms with E-state index in [4.69, 9.17) is 21.4 Å². The summed E-state index contributed by atoms with van der Waals surface area (Å²) in [6, 6.07) is 19.6. The maximum absolute atomic E-state index is 5.94. The Kier molecular flexibility index (Phi) is 6.74. The molecule has 0 aliphatic rings. The SMILES string of the molecule is Cc1cc(-c2cc3c(-c4ccccc4)c(C)c(C)cc3[cH-]2)oc1C.[Cl][Zr][Cl]. The molecular formula is C23H21Cl2OZr-. The summed E-state index contributed by atoms with van der Waals surface area (Å²) >= 11 is -0.826. The number of fused-ring (bicyclic) bond motifs is 1. The van der Waals surface area contributed by atoms with Crippen LogP contribution >= 0.6 is 17.0 Å². The van der Waals surface area contributed by atoms with Crippen molar-refractivity contribution in [3.8, 4) is 22.5 Å². The van der Waals surface area contributed by atoms with Crippen LogP contribution in [0.15, 0.2) is 59.0 Å². The Balaban J connectivity index is 0.000000659. The van der Waals surface area contributed by atoms with Gasteiger partial charge >= 0.3 is 37.9 Å². The molecule has 0 aliphatic heterocycles. The van der Waals surface area contributed by atoms with E-state index in [2.05, 4.69) is 75.4 Å². The van der Waals surface area contributed by atoms with Crippen molar-refractivity contribution >= 4 is 27.8 Å². The number of hydrogen-bond donors (Lipinski definition) is 0. The van der Waals surface area contributed by atoms with Crippen LogP contribution in [0.1, 0.15) is 22.5 Å². The van der Waals surface area contributed by atoms with Gasteiger partial charge in [0.15, 0.2) is 0 Å². The summed E-state index contributed by atoms with van der Waals surface area (Å²) in [6.45, 7) is 8.51. The molecule has 1 aromatic heterocycles. The van der Waals surface area contributed by atoms with Crippen molar-refractivity contribution < 1.29 is 25.3 Å². The van der Waals surface area contributed by atoms with Crippen molar-refractivity contribution in [2.24, 2.45) is 0 Å². The quantitative estimate of drug-likeness (QED) is 0.267. The van der Waals surface area contributed by atoms with Crippen LogP contribution in [0.5, 0.6) is 0 Å². The van der Waals surface area contributed by atoms with Gasteiger partial charge in [0.25, 0.3) is 0 Å². The first kappa shape index (κ1) is 20.5. The standard InChI is InChI=1S/C23H21O.2ClH.Zr/c1-14-10-19-12-20(22-11-15(2)17(4)24-22)13-21(19)23(16(14)3)18-8-6-5-7-9-18;;;/h5-13H,1-4H3;2*1H;/q-1;;;+2/p-2. The van der Waals surface area contributed by atoms with Gasteiger partial charge in [-0.2, -0.15) is 0 Å². The topological polar surface area (TPSA) is 13.1 Å². The van der Waals surface area contributed by atoms with E-state index >= 15 is 0 Å². The van der Waals surface area contributed by atoms with Gasteiger partial charge in [-0.15, -0.1) is 29.0 Å². The molecule has 0 bridgehead atoms. The molecule has 4 aromatic rings. The first-order valence-electron chi connectivity index (χ1n) is 8.76. The van der Waals surface area contributed by atoms with E-state index in [1.807, 2.05) is 6.92 Å². The second-order valence-corrected chi connectivity index (χ2v) is 10.5. The van der Waals surface area contributed by atoms with Crippen LogP contribution in [0.3, 0.4) is 0 Å². The first-order chi connectivity index (χ1) is 13.0. The average molecular weight is 476 g/mol. The minimum atomic E-state index is -0.826. The Hall–Kier alpha value is -1.21. The molecule has 27 heavy (non-hydrogen) atoms. The fourth-order valence-corrected chi connectivity index (χ4v) is 3.44. The van der Waals surface area contributed by atoms with Crippen molar-refractivity contribution in [1.29, 1.82) is 0 Å². The van der Waals surface area contributed by atoms with Crippen molar-refractivity contribution in [3.63, 3.8) is 0 Å². The summed E-state index contributed by atoms with van der Waals surface area (Å²) in [7, 11) is 9.87. The molecular weight excluding hydrogens is 454 g/mol. The zero-order valence-corrected chi connectivity index (χ0v) is 19.8. The van der Waals surface area contributed by atoms with Gasteiger partial charge in [0.2, 0.25) is 0 Å². The van der Waals surface area contributed by atoms with Crippen LogP contribution in [0.4, 0.5) is 0 Å². The molecule has 0 fully saturated rings. The second kappa shape index (κ2) is 8.86. The number of aryl methyl sites for hydroxylation is 3. The summed E-state index contributed by atoms with van der Waals surface area (Å²) in [5.41, 5.74) is 7.63. The molecule has 0 saturated heterocycles. The Labute approximate surface area is 179 Å².